The zero-order chi connectivity index (χ0) is 22.6. The van der Waals surface area contributed by atoms with E-state index in [1.54, 1.807) is 29.2 Å². The third-order valence-corrected chi connectivity index (χ3v) is 6.46. The summed E-state index contributed by atoms with van der Waals surface area (Å²) in [7, 11) is -3.96. The van der Waals surface area contributed by atoms with E-state index in [4.69, 9.17) is 0 Å². The van der Waals surface area contributed by atoms with Crippen molar-refractivity contribution in [2.75, 3.05) is 29.0 Å². The minimum Gasteiger partial charge on any atom is -0.339 e. The fraction of sp³-hybridized carbons (Fsp3) is 0.364. The standard InChI is InChI=1S/C22H26FN3O4S/c1-16(26(31(2,29)30)20-13-7-5-11-18(20)23)21(27)24-19-12-6-4-10-17(19)22(28)25-14-8-3-9-15-25/h4-7,10-13,16H,3,8-9,14-15H2,1-2H3,(H,24,27)/t16-/m1/s1. The van der Waals surface area contributed by atoms with E-state index >= 15 is 0 Å². The van der Waals surface area contributed by atoms with Crippen LogP contribution < -0.4 is 9.62 Å². The number of anilines is 2. The summed E-state index contributed by atoms with van der Waals surface area (Å²) in [4.78, 5) is 27.7. The summed E-state index contributed by atoms with van der Waals surface area (Å²) in [6.45, 7) is 2.69. The van der Waals surface area contributed by atoms with Crippen LogP contribution in [-0.4, -0.2) is 50.5 Å². The lowest BCUT2D eigenvalue weighted by molar-refractivity contribution is -0.116. The SMILES string of the molecule is C[C@H](C(=O)Nc1ccccc1C(=O)N1CCCCC1)N(c1ccccc1F)S(C)(=O)=O. The zero-order valence-corrected chi connectivity index (χ0v) is 18.4. The molecule has 31 heavy (non-hydrogen) atoms. The van der Waals surface area contributed by atoms with Crippen molar-refractivity contribution < 1.29 is 22.4 Å². The summed E-state index contributed by atoms with van der Waals surface area (Å²) < 4.78 is 39.8. The van der Waals surface area contributed by atoms with E-state index in [9.17, 15) is 22.4 Å². The molecule has 7 nitrogen and oxygen atoms in total. The lowest BCUT2D eigenvalue weighted by Crippen LogP contribution is -2.46. The van der Waals surface area contributed by atoms with Crippen LogP contribution in [0, 0.1) is 5.82 Å². The highest BCUT2D eigenvalue weighted by atomic mass is 32.2. The van der Waals surface area contributed by atoms with E-state index < -0.39 is 27.8 Å². The molecule has 0 unspecified atom stereocenters. The van der Waals surface area contributed by atoms with Gasteiger partial charge in [-0.15, -0.1) is 0 Å². The van der Waals surface area contributed by atoms with Crippen molar-refractivity contribution in [1.82, 2.24) is 4.90 Å². The summed E-state index contributed by atoms with van der Waals surface area (Å²) in [5.74, 6) is -1.61. The Balaban J connectivity index is 1.87. The second-order valence-electron chi connectivity index (χ2n) is 7.57. The first-order chi connectivity index (χ1) is 14.7. The molecule has 1 N–H and O–H groups in total. The summed E-state index contributed by atoms with van der Waals surface area (Å²) in [5.41, 5.74) is 0.406. The third-order valence-electron chi connectivity index (χ3n) is 5.24. The maximum Gasteiger partial charge on any atom is 0.255 e. The molecule has 9 heteroatoms. The van der Waals surface area contributed by atoms with Crippen molar-refractivity contribution in [2.45, 2.75) is 32.2 Å². The molecule has 0 spiro atoms. The zero-order valence-electron chi connectivity index (χ0n) is 17.5. The van der Waals surface area contributed by atoms with Crippen molar-refractivity contribution in [2.24, 2.45) is 0 Å². The molecule has 2 amide bonds. The van der Waals surface area contributed by atoms with Crippen molar-refractivity contribution in [3.63, 3.8) is 0 Å². The molecule has 1 fully saturated rings. The largest absolute Gasteiger partial charge is 0.339 e. The van der Waals surface area contributed by atoms with Gasteiger partial charge in [0.25, 0.3) is 5.91 Å². The van der Waals surface area contributed by atoms with E-state index in [1.807, 2.05) is 0 Å². The Morgan fingerprint density at radius 1 is 1.03 bits per heavy atom. The van der Waals surface area contributed by atoms with E-state index in [1.165, 1.54) is 25.1 Å². The Labute approximate surface area is 181 Å². The van der Waals surface area contributed by atoms with Gasteiger partial charge in [-0.3, -0.25) is 13.9 Å². The number of halogens is 1. The quantitative estimate of drug-likeness (QED) is 0.737. The number of carbonyl (C=O) groups excluding carboxylic acids is 2. The number of piperidine rings is 1. The molecule has 166 valence electrons. The summed E-state index contributed by atoms with van der Waals surface area (Å²) in [5, 5.41) is 2.66. The van der Waals surface area contributed by atoms with Gasteiger partial charge in [-0.25, -0.2) is 12.8 Å². The van der Waals surface area contributed by atoms with Gasteiger partial charge in [0, 0.05) is 13.1 Å². The van der Waals surface area contributed by atoms with Gasteiger partial charge < -0.3 is 10.2 Å². The van der Waals surface area contributed by atoms with Crippen molar-refractivity contribution >= 4 is 33.2 Å². The van der Waals surface area contributed by atoms with Crippen LogP contribution in [0.3, 0.4) is 0 Å². The van der Waals surface area contributed by atoms with Crippen molar-refractivity contribution in [3.05, 3.63) is 59.9 Å². The molecule has 1 aliphatic heterocycles. The van der Waals surface area contributed by atoms with Gasteiger partial charge in [0.05, 0.1) is 23.2 Å². The number of nitrogens with zero attached hydrogens (tertiary/aromatic N) is 2. The van der Waals surface area contributed by atoms with Crippen LogP contribution in [0.25, 0.3) is 0 Å². The highest BCUT2D eigenvalue weighted by molar-refractivity contribution is 7.92. The Bertz CT molecular complexity index is 1070. The van der Waals surface area contributed by atoms with Gasteiger partial charge in [-0.05, 0) is 50.5 Å². The monoisotopic (exact) mass is 447 g/mol. The van der Waals surface area contributed by atoms with Crippen LogP contribution >= 0.6 is 0 Å². The molecule has 2 aromatic rings. The number of sulfonamides is 1. The molecule has 1 saturated heterocycles. The lowest BCUT2D eigenvalue weighted by atomic mass is 10.1. The number of likely N-dealkylation sites (tertiary alicyclic amines) is 1. The van der Waals surface area contributed by atoms with Crippen LogP contribution in [0.1, 0.15) is 36.5 Å². The van der Waals surface area contributed by atoms with Crippen LogP contribution in [-0.2, 0) is 14.8 Å². The number of para-hydroxylation sites is 2. The molecular formula is C22H26FN3O4S. The van der Waals surface area contributed by atoms with Crippen LogP contribution in [0.15, 0.2) is 48.5 Å². The predicted molar refractivity (Wildman–Crippen MR) is 118 cm³/mol. The number of nitrogens with one attached hydrogen (secondary N) is 1. The molecule has 1 aliphatic rings. The average molecular weight is 448 g/mol. The van der Waals surface area contributed by atoms with Crippen LogP contribution in [0.2, 0.25) is 0 Å². The topological polar surface area (TPSA) is 86.8 Å². The molecule has 0 saturated carbocycles. The van der Waals surface area contributed by atoms with Gasteiger partial charge in [0.1, 0.15) is 11.9 Å². The maximum absolute atomic E-state index is 14.3. The second kappa shape index (κ2) is 9.47. The number of hydrogen-bond acceptors (Lipinski definition) is 4. The van der Waals surface area contributed by atoms with E-state index in [-0.39, 0.29) is 17.3 Å². The van der Waals surface area contributed by atoms with Gasteiger partial charge in [0.15, 0.2) is 0 Å². The average Bonchev–Trinajstić information content (AvgIpc) is 2.75. The molecular weight excluding hydrogens is 421 g/mol. The fourth-order valence-corrected chi connectivity index (χ4v) is 4.87. The molecule has 0 aromatic heterocycles. The lowest BCUT2D eigenvalue weighted by Gasteiger charge is -2.29. The second-order valence-corrected chi connectivity index (χ2v) is 9.43. The summed E-state index contributed by atoms with van der Waals surface area (Å²) in [6, 6.07) is 10.7. The minimum absolute atomic E-state index is 0.183. The number of rotatable bonds is 6. The molecule has 0 radical (unpaired) electrons. The number of benzene rings is 2. The molecule has 2 aromatic carbocycles. The number of carbonyl (C=O) groups is 2. The van der Waals surface area contributed by atoms with Gasteiger partial charge in [-0.2, -0.15) is 0 Å². The molecule has 0 aliphatic carbocycles. The molecule has 1 atom stereocenters. The molecule has 0 bridgehead atoms. The highest BCUT2D eigenvalue weighted by Gasteiger charge is 2.31. The van der Waals surface area contributed by atoms with Gasteiger partial charge in [0.2, 0.25) is 15.9 Å². The van der Waals surface area contributed by atoms with Crippen molar-refractivity contribution in [1.29, 1.82) is 0 Å². The summed E-state index contributed by atoms with van der Waals surface area (Å²) >= 11 is 0. The van der Waals surface area contributed by atoms with Crippen LogP contribution in [0.4, 0.5) is 15.8 Å². The third kappa shape index (κ3) is 5.22. The predicted octanol–water partition coefficient (Wildman–Crippen LogP) is 3.25. The molecule has 1 heterocycles. The Hall–Kier alpha value is -2.94. The Morgan fingerprint density at radius 3 is 2.29 bits per heavy atom. The first kappa shape index (κ1) is 22.7. The van der Waals surface area contributed by atoms with E-state index in [0.717, 1.165) is 35.9 Å². The smallest absolute Gasteiger partial charge is 0.255 e. The van der Waals surface area contributed by atoms with Crippen LogP contribution in [0.5, 0.6) is 0 Å². The first-order valence-corrected chi connectivity index (χ1v) is 12.0. The first-order valence-electron chi connectivity index (χ1n) is 10.1. The Kier molecular flexibility index (Phi) is 6.94. The number of hydrogen-bond donors (Lipinski definition) is 1. The number of amides is 2. The van der Waals surface area contributed by atoms with Crippen molar-refractivity contribution in [3.8, 4) is 0 Å². The highest BCUT2D eigenvalue weighted by Crippen LogP contribution is 2.26. The minimum atomic E-state index is -3.96. The van der Waals surface area contributed by atoms with E-state index in [2.05, 4.69) is 5.32 Å². The van der Waals surface area contributed by atoms with Gasteiger partial charge in [-0.1, -0.05) is 24.3 Å². The van der Waals surface area contributed by atoms with Gasteiger partial charge >= 0.3 is 0 Å². The van der Waals surface area contributed by atoms with E-state index in [0.29, 0.717) is 18.7 Å². The Morgan fingerprint density at radius 2 is 1.65 bits per heavy atom. The maximum atomic E-state index is 14.3. The summed E-state index contributed by atoms with van der Waals surface area (Å²) in [6.07, 6.45) is 3.86. The molecule has 3 rings (SSSR count). The fourth-order valence-electron chi connectivity index (χ4n) is 3.69. The normalized spacial score (nSPS) is 15.3.